The van der Waals surface area contributed by atoms with Gasteiger partial charge in [-0.05, 0) is 43.7 Å². The maximum Gasteiger partial charge on any atom is 0.282 e. The van der Waals surface area contributed by atoms with E-state index in [4.69, 9.17) is 9.72 Å². The Balaban J connectivity index is 1.33. The fraction of sp³-hybridized carbons (Fsp3) is 0.516. The standard InChI is InChI=1S/C31H38F2N8O4S/c1-18(32)30(42)40-10-5-6-25(40)22-13-36-29(41-15-20(19(41)2)17-46(4,43)44)23-14-35-28(12-21(22)23)37-27-7-9-34-31(38-27)39-11-8-26(45-3)24(33)16-39/h7,9,12-14,19-20,24-26H,1,5-6,8,10-11,15-17H2,2-4H3,(H,34,35,37,38)/t19-,20-,24+,25?,26-/m1/s1. The molecule has 1 N–H and O–H groups in total. The Hall–Kier alpha value is -3.98. The summed E-state index contributed by atoms with van der Waals surface area (Å²) < 4.78 is 57.7. The maximum atomic E-state index is 14.6. The van der Waals surface area contributed by atoms with Crippen molar-refractivity contribution >= 4 is 49.9 Å². The van der Waals surface area contributed by atoms with Crippen LogP contribution in [-0.2, 0) is 19.4 Å². The highest BCUT2D eigenvalue weighted by Gasteiger charge is 2.40. The lowest BCUT2D eigenvalue weighted by Gasteiger charge is -2.47. The summed E-state index contributed by atoms with van der Waals surface area (Å²) in [6, 6.07) is 3.06. The second-order valence-electron chi connectivity index (χ2n) is 12.4. The Kier molecular flexibility index (Phi) is 8.81. The summed E-state index contributed by atoms with van der Waals surface area (Å²) in [5, 5.41) is 4.73. The fourth-order valence-electron chi connectivity index (χ4n) is 6.77. The second-order valence-corrected chi connectivity index (χ2v) is 14.5. The van der Waals surface area contributed by atoms with E-state index in [1.54, 1.807) is 29.6 Å². The van der Waals surface area contributed by atoms with Gasteiger partial charge in [0.1, 0.15) is 33.5 Å². The molecule has 3 aromatic rings. The van der Waals surface area contributed by atoms with E-state index in [0.717, 1.165) is 16.3 Å². The van der Waals surface area contributed by atoms with Crippen LogP contribution in [-0.4, -0.2) is 103 Å². The third-order valence-electron chi connectivity index (χ3n) is 9.25. The minimum atomic E-state index is -3.14. The summed E-state index contributed by atoms with van der Waals surface area (Å²) in [6.07, 6.45) is 6.48. The zero-order valence-electron chi connectivity index (χ0n) is 26.1. The van der Waals surface area contributed by atoms with Gasteiger partial charge in [0.15, 0.2) is 5.83 Å². The van der Waals surface area contributed by atoms with E-state index in [1.165, 1.54) is 18.3 Å². The van der Waals surface area contributed by atoms with Crippen molar-refractivity contribution in [3.05, 3.63) is 48.7 Å². The molecule has 0 aromatic carbocycles. The number of alkyl halides is 1. The van der Waals surface area contributed by atoms with Crippen molar-refractivity contribution in [3.8, 4) is 0 Å². The van der Waals surface area contributed by atoms with Crippen LogP contribution in [0.5, 0.6) is 0 Å². The Morgan fingerprint density at radius 2 is 1.93 bits per heavy atom. The Morgan fingerprint density at radius 1 is 1.13 bits per heavy atom. The molecule has 3 aromatic heterocycles. The van der Waals surface area contributed by atoms with Crippen molar-refractivity contribution in [1.29, 1.82) is 0 Å². The molecule has 0 bridgehead atoms. The normalized spacial score (nSPS) is 25.1. The van der Waals surface area contributed by atoms with Crippen molar-refractivity contribution < 1.29 is 26.7 Å². The van der Waals surface area contributed by atoms with Crippen molar-refractivity contribution in [3.63, 3.8) is 0 Å². The van der Waals surface area contributed by atoms with Gasteiger partial charge in [-0.3, -0.25) is 4.79 Å². The quantitative estimate of drug-likeness (QED) is 0.338. The molecular formula is C31H38F2N8O4S. The Morgan fingerprint density at radius 3 is 2.63 bits per heavy atom. The highest BCUT2D eigenvalue weighted by atomic mass is 32.2. The van der Waals surface area contributed by atoms with Gasteiger partial charge >= 0.3 is 0 Å². The van der Waals surface area contributed by atoms with E-state index < -0.39 is 39.9 Å². The summed E-state index contributed by atoms with van der Waals surface area (Å²) in [5.41, 5.74) is 0.746. The second kappa shape index (κ2) is 12.7. The van der Waals surface area contributed by atoms with Gasteiger partial charge in [-0.15, -0.1) is 0 Å². The number of fused-ring (bicyclic) bond motifs is 1. The minimum Gasteiger partial charge on any atom is -0.378 e. The van der Waals surface area contributed by atoms with Gasteiger partial charge < -0.3 is 24.8 Å². The molecule has 46 heavy (non-hydrogen) atoms. The van der Waals surface area contributed by atoms with Crippen LogP contribution < -0.4 is 15.1 Å². The molecule has 246 valence electrons. The molecule has 0 saturated carbocycles. The maximum absolute atomic E-state index is 14.6. The number of pyridine rings is 2. The number of rotatable bonds is 9. The van der Waals surface area contributed by atoms with E-state index >= 15 is 0 Å². The number of anilines is 4. The molecule has 3 aliphatic heterocycles. The first-order valence-electron chi connectivity index (χ1n) is 15.3. The molecule has 1 amide bonds. The number of amides is 1. The van der Waals surface area contributed by atoms with Gasteiger partial charge in [-0.1, -0.05) is 6.58 Å². The molecule has 3 fully saturated rings. The number of carbonyl (C=O) groups excluding carboxylic acids is 1. The number of nitrogens with zero attached hydrogens (tertiary/aromatic N) is 7. The monoisotopic (exact) mass is 656 g/mol. The summed E-state index contributed by atoms with van der Waals surface area (Å²) in [7, 11) is -1.63. The van der Waals surface area contributed by atoms with Crippen LogP contribution in [0.15, 0.2) is 43.1 Å². The highest BCUT2D eigenvalue weighted by Crippen LogP contribution is 2.41. The smallest absolute Gasteiger partial charge is 0.282 e. The van der Waals surface area contributed by atoms with E-state index in [2.05, 4.69) is 31.7 Å². The average molecular weight is 657 g/mol. The van der Waals surface area contributed by atoms with Gasteiger partial charge in [0.25, 0.3) is 5.91 Å². The fourth-order valence-corrected chi connectivity index (χ4v) is 7.94. The van der Waals surface area contributed by atoms with Crippen LogP contribution in [0.4, 0.5) is 32.2 Å². The SMILES string of the molecule is C=C(F)C(=O)N1CCCC1c1cnc(N2C[C@H](CS(C)(=O)=O)[C@H]2C)c2cnc(Nc3ccnc(N4CC[C@@H](OC)[C@@H](F)C4)n3)cc12. The molecule has 3 saturated heterocycles. The van der Waals surface area contributed by atoms with Gasteiger partial charge in [-0.2, -0.15) is 4.98 Å². The van der Waals surface area contributed by atoms with E-state index in [-0.39, 0.29) is 24.3 Å². The molecule has 5 atom stereocenters. The summed E-state index contributed by atoms with van der Waals surface area (Å²) in [6.45, 7) is 6.79. The predicted molar refractivity (Wildman–Crippen MR) is 171 cm³/mol. The van der Waals surface area contributed by atoms with Gasteiger partial charge in [0.2, 0.25) is 5.95 Å². The summed E-state index contributed by atoms with van der Waals surface area (Å²) >= 11 is 0. The van der Waals surface area contributed by atoms with Crippen LogP contribution in [0.3, 0.4) is 0 Å². The molecule has 0 spiro atoms. The van der Waals surface area contributed by atoms with Crippen LogP contribution in [0.1, 0.15) is 37.8 Å². The lowest BCUT2D eigenvalue weighted by molar-refractivity contribution is -0.129. The third kappa shape index (κ3) is 6.34. The Bertz CT molecular complexity index is 1760. The number of likely N-dealkylation sites (tertiary alicyclic amines) is 1. The van der Waals surface area contributed by atoms with Crippen LogP contribution in [0.25, 0.3) is 10.8 Å². The molecule has 6 heterocycles. The number of aromatic nitrogens is 4. The first kappa shape index (κ1) is 32.0. The van der Waals surface area contributed by atoms with Crippen LogP contribution in [0, 0.1) is 5.92 Å². The molecule has 1 unspecified atom stereocenters. The average Bonchev–Trinajstić information content (AvgIpc) is 3.51. The van der Waals surface area contributed by atoms with Gasteiger partial charge in [0.05, 0.1) is 24.4 Å². The van der Waals surface area contributed by atoms with Crippen molar-refractivity contribution in [1.82, 2.24) is 24.8 Å². The van der Waals surface area contributed by atoms with E-state index in [9.17, 15) is 22.0 Å². The number of nitrogens with one attached hydrogen (secondary N) is 1. The number of hydrogen-bond donors (Lipinski definition) is 1. The van der Waals surface area contributed by atoms with Crippen molar-refractivity contribution in [2.45, 2.75) is 50.5 Å². The highest BCUT2D eigenvalue weighted by molar-refractivity contribution is 7.90. The number of piperidine rings is 1. The van der Waals surface area contributed by atoms with E-state index in [0.29, 0.717) is 62.3 Å². The number of halogens is 2. The number of ether oxygens (including phenoxy) is 1. The first-order chi connectivity index (χ1) is 21.9. The Labute approximate surface area is 266 Å². The van der Waals surface area contributed by atoms with Crippen LogP contribution >= 0.6 is 0 Å². The van der Waals surface area contributed by atoms with Gasteiger partial charge in [0, 0.05) is 74.5 Å². The molecule has 15 heteroatoms. The van der Waals surface area contributed by atoms with E-state index in [1.807, 2.05) is 13.0 Å². The molecule has 3 aliphatic rings. The molecular weight excluding hydrogens is 618 g/mol. The minimum absolute atomic E-state index is 0.0288. The van der Waals surface area contributed by atoms with Crippen LogP contribution in [0.2, 0.25) is 0 Å². The zero-order valence-corrected chi connectivity index (χ0v) is 26.9. The molecule has 0 radical (unpaired) electrons. The lowest BCUT2D eigenvalue weighted by atomic mass is 9.90. The molecule has 6 rings (SSSR count). The number of sulfone groups is 1. The van der Waals surface area contributed by atoms with Gasteiger partial charge in [-0.25, -0.2) is 32.2 Å². The largest absolute Gasteiger partial charge is 0.378 e. The lowest BCUT2D eigenvalue weighted by Crippen LogP contribution is -2.57. The number of methoxy groups -OCH3 is 1. The summed E-state index contributed by atoms with van der Waals surface area (Å²) in [4.78, 5) is 36.4. The molecule has 0 aliphatic carbocycles. The number of hydrogen-bond acceptors (Lipinski definition) is 11. The molecule has 12 nitrogen and oxygen atoms in total. The first-order valence-corrected chi connectivity index (χ1v) is 17.4. The third-order valence-corrected chi connectivity index (χ3v) is 10.3. The number of carbonyl (C=O) groups is 1. The topological polar surface area (TPSA) is 134 Å². The van der Waals surface area contributed by atoms with Crippen molar-refractivity contribution in [2.75, 3.05) is 60.4 Å². The van der Waals surface area contributed by atoms with Crippen molar-refractivity contribution in [2.24, 2.45) is 5.92 Å². The zero-order chi connectivity index (χ0) is 32.7. The summed E-state index contributed by atoms with van der Waals surface area (Å²) in [5.74, 6) is 0.280. The predicted octanol–water partition coefficient (Wildman–Crippen LogP) is 3.74.